The summed E-state index contributed by atoms with van der Waals surface area (Å²) in [7, 11) is 0. The van der Waals surface area contributed by atoms with E-state index in [0.717, 1.165) is 41.3 Å². The number of fused-ring (bicyclic) bond motifs is 3. The van der Waals surface area contributed by atoms with Crippen LogP contribution in [0.3, 0.4) is 0 Å². The van der Waals surface area contributed by atoms with E-state index in [1.54, 1.807) is 18.5 Å². The average Bonchev–Trinajstić information content (AvgIpc) is 3.39. The number of nitrogens with zero attached hydrogens (tertiary/aromatic N) is 6. The third kappa shape index (κ3) is 2.59. The zero-order valence-electron chi connectivity index (χ0n) is 14.8. The molecule has 0 unspecified atom stereocenters. The largest absolute Gasteiger partial charge is 0.367 e. The lowest BCUT2D eigenvalue weighted by atomic mass is 9.97. The van der Waals surface area contributed by atoms with Gasteiger partial charge in [-0.05, 0) is 37.0 Å². The van der Waals surface area contributed by atoms with Crippen LogP contribution in [0, 0.1) is 17.2 Å². The van der Waals surface area contributed by atoms with Gasteiger partial charge >= 0.3 is 0 Å². The molecule has 27 heavy (non-hydrogen) atoms. The average molecular weight is 358 g/mol. The smallest absolute Gasteiger partial charge is 0.179 e. The van der Waals surface area contributed by atoms with Crippen LogP contribution in [-0.4, -0.2) is 35.6 Å². The van der Waals surface area contributed by atoms with E-state index in [4.69, 9.17) is 5.26 Å². The molecule has 1 saturated carbocycles. The Morgan fingerprint density at radius 2 is 2.11 bits per heavy atom. The fourth-order valence-electron chi connectivity index (χ4n) is 4.12. The van der Waals surface area contributed by atoms with Crippen molar-refractivity contribution in [2.45, 2.75) is 31.7 Å². The monoisotopic (exact) mass is 358 g/mol. The van der Waals surface area contributed by atoms with E-state index < -0.39 is 0 Å². The first-order valence-electron chi connectivity index (χ1n) is 9.02. The first-order chi connectivity index (χ1) is 13.2. The van der Waals surface area contributed by atoms with Crippen molar-refractivity contribution in [1.29, 1.82) is 5.26 Å². The topological polar surface area (TPSA) is 108 Å². The first kappa shape index (κ1) is 15.8. The van der Waals surface area contributed by atoms with Crippen molar-refractivity contribution >= 4 is 22.6 Å². The zero-order valence-corrected chi connectivity index (χ0v) is 14.8. The highest BCUT2D eigenvalue weighted by atomic mass is 15.3. The molecule has 0 aliphatic heterocycles. The van der Waals surface area contributed by atoms with Crippen molar-refractivity contribution in [2.75, 3.05) is 5.32 Å². The number of nitriles is 1. The minimum absolute atomic E-state index is 0.302. The van der Waals surface area contributed by atoms with Crippen molar-refractivity contribution in [1.82, 2.24) is 29.5 Å². The summed E-state index contributed by atoms with van der Waals surface area (Å²) in [6, 6.07) is 8.06. The Labute approximate surface area is 155 Å². The van der Waals surface area contributed by atoms with Gasteiger partial charge in [-0.15, -0.1) is 10.2 Å². The number of pyridine rings is 1. The molecular weight excluding hydrogens is 340 g/mol. The summed E-state index contributed by atoms with van der Waals surface area (Å²) in [6.45, 7) is 2.26. The number of hydrogen-bond acceptors (Lipinski definition) is 6. The molecule has 4 aromatic rings. The molecule has 134 valence electrons. The fraction of sp³-hybridized carbons (Fsp3) is 0.316. The van der Waals surface area contributed by atoms with Crippen molar-refractivity contribution in [3.8, 4) is 6.07 Å². The highest BCUT2D eigenvalue weighted by Gasteiger charge is 2.35. The number of hydrogen-bond donors (Lipinski definition) is 2. The molecule has 0 saturated heterocycles. The van der Waals surface area contributed by atoms with Crippen molar-refractivity contribution in [3.05, 3.63) is 48.2 Å². The highest BCUT2D eigenvalue weighted by molar-refractivity contribution is 5.74. The lowest BCUT2D eigenvalue weighted by Gasteiger charge is -2.14. The Bertz CT molecular complexity index is 1150. The summed E-state index contributed by atoms with van der Waals surface area (Å²) in [5.74, 6) is 2.56. The normalized spacial score (nSPS) is 22.3. The molecule has 8 heteroatoms. The molecule has 4 aromatic heterocycles. The van der Waals surface area contributed by atoms with E-state index >= 15 is 0 Å². The van der Waals surface area contributed by atoms with E-state index in [9.17, 15) is 0 Å². The molecule has 1 aliphatic carbocycles. The van der Waals surface area contributed by atoms with Crippen molar-refractivity contribution in [3.63, 3.8) is 0 Å². The van der Waals surface area contributed by atoms with Crippen LogP contribution >= 0.6 is 0 Å². The number of H-pyrrole nitrogens is 1. The molecule has 0 spiro atoms. The maximum absolute atomic E-state index is 8.90. The molecule has 0 amide bonds. The first-order valence-corrected chi connectivity index (χ1v) is 9.02. The molecule has 8 nitrogen and oxygen atoms in total. The predicted octanol–water partition coefficient (Wildman–Crippen LogP) is 2.87. The maximum atomic E-state index is 8.90. The molecule has 3 atom stereocenters. The second-order valence-electron chi connectivity index (χ2n) is 7.16. The Balaban J connectivity index is 1.43. The van der Waals surface area contributed by atoms with E-state index in [-0.39, 0.29) is 0 Å². The number of aromatic amines is 1. The van der Waals surface area contributed by atoms with Crippen LogP contribution < -0.4 is 5.32 Å². The van der Waals surface area contributed by atoms with Gasteiger partial charge in [0.25, 0.3) is 0 Å². The molecule has 2 N–H and O–H groups in total. The number of aromatic nitrogens is 6. The van der Waals surface area contributed by atoms with Crippen molar-refractivity contribution < 1.29 is 0 Å². The third-order valence-electron chi connectivity index (χ3n) is 5.42. The highest BCUT2D eigenvalue weighted by Crippen LogP contribution is 2.40. The lowest BCUT2D eigenvalue weighted by molar-refractivity contribution is 0.507. The zero-order chi connectivity index (χ0) is 18.4. The van der Waals surface area contributed by atoms with E-state index in [1.807, 2.05) is 18.3 Å². The Hall–Kier alpha value is -3.47. The van der Waals surface area contributed by atoms with Gasteiger partial charge in [-0.1, -0.05) is 6.92 Å². The summed E-state index contributed by atoms with van der Waals surface area (Å²) in [5.41, 5.74) is 3.18. The van der Waals surface area contributed by atoms with Gasteiger partial charge in [-0.3, -0.25) is 4.40 Å². The Morgan fingerprint density at radius 3 is 2.93 bits per heavy atom. The fourth-order valence-corrected chi connectivity index (χ4v) is 4.12. The van der Waals surface area contributed by atoms with Gasteiger partial charge < -0.3 is 10.3 Å². The van der Waals surface area contributed by atoms with E-state index in [0.29, 0.717) is 23.4 Å². The van der Waals surface area contributed by atoms with Gasteiger partial charge in [0.05, 0.1) is 17.3 Å². The number of rotatable bonds is 3. The van der Waals surface area contributed by atoms with Crippen LogP contribution in [0.4, 0.5) is 5.82 Å². The molecule has 5 rings (SSSR count). The molecule has 1 aliphatic rings. The van der Waals surface area contributed by atoms with Crippen LogP contribution in [0.2, 0.25) is 0 Å². The van der Waals surface area contributed by atoms with Crippen molar-refractivity contribution in [2.24, 2.45) is 5.92 Å². The summed E-state index contributed by atoms with van der Waals surface area (Å²) in [6.07, 6.45) is 7.23. The van der Waals surface area contributed by atoms with Crippen LogP contribution in [0.25, 0.3) is 16.8 Å². The summed E-state index contributed by atoms with van der Waals surface area (Å²) in [5, 5.41) is 21.2. The predicted molar refractivity (Wildman–Crippen MR) is 100 cm³/mol. The van der Waals surface area contributed by atoms with Gasteiger partial charge in [0.1, 0.15) is 17.7 Å². The van der Waals surface area contributed by atoms with Gasteiger partial charge in [0.2, 0.25) is 0 Å². The van der Waals surface area contributed by atoms with Gasteiger partial charge in [-0.2, -0.15) is 5.26 Å². The molecular formula is C19H18N8. The van der Waals surface area contributed by atoms with Gasteiger partial charge in [-0.25, -0.2) is 9.97 Å². The van der Waals surface area contributed by atoms with Gasteiger partial charge in [0.15, 0.2) is 11.3 Å². The quantitative estimate of drug-likeness (QED) is 0.583. The summed E-state index contributed by atoms with van der Waals surface area (Å²) >= 11 is 0. The van der Waals surface area contributed by atoms with Crippen LogP contribution in [0.15, 0.2) is 36.8 Å². The van der Waals surface area contributed by atoms with Gasteiger partial charge in [0, 0.05) is 24.4 Å². The van der Waals surface area contributed by atoms with Crippen LogP contribution in [-0.2, 0) is 0 Å². The molecule has 0 aromatic carbocycles. The minimum atomic E-state index is 0.302. The lowest BCUT2D eigenvalue weighted by Crippen LogP contribution is -2.16. The minimum Gasteiger partial charge on any atom is -0.367 e. The maximum Gasteiger partial charge on any atom is 0.179 e. The van der Waals surface area contributed by atoms with E-state index in [1.165, 1.54) is 0 Å². The Morgan fingerprint density at radius 1 is 1.19 bits per heavy atom. The van der Waals surface area contributed by atoms with Crippen LogP contribution in [0.5, 0.6) is 0 Å². The molecule has 4 heterocycles. The second-order valence-corrected chi connectivity index (χ2v) is 7.16. The second kappa shape index (κ2) is 6.06. The molecule has 0 radical (unpaired) electrons. The van der Waals surface area contributed by atoms with Crippen LogP contribution in [0.1, 0.15) is 37.1 Å². The SMILES string of the molecule is C[C@@H]1C[C@H](Nc2ccc(C#N)cn2)C[C@@H]1c1nnc2cnc3[nH]ccc3n12. The number of anilines is 1. The molecule has 0 bridgehead atoms. The summed E-state index contributed by atoms with van der Waals surface area (Å²) < 4.78 is 2.11. The van der Waals surface area contributed by atoms with E-state index in [2.05, 4.69) is 47.9 Å². The summed E-state index contributed by atoms with van der Waals surface area (Å²) in [4.78, 5) is 11.9. The third-order valence-corrected chi connectivity index (χ3v) is 5.42. The Kier molecular flexibility index (Phi) is 3.53. The standard InChI is InChI=1S/C19H18N8/c1-11-6-13(24-16-3-2-12(8-20)9-22-16)7-14(11)19-26-25-17-10-23-18-15(27(17)19)4-5-21-18/h2-5,9-11,13-14,21H,6-7H2,1H3,(H,22,24)/t11-,13+,14+/m1/s1. The number of nitrogens with one attached hydrogen (secondary N) is 2. The molecule has 1 fully saturated rings.